The minimum absolute atomic E-state index is 0.454. The average Bonchev–Trinajstić information content (AvgIpc) is 3.45. The van der Waals surface area contributed by atoms with Crippen LogP contribution in [-0.4, -0.2) is 156 Å². The molecule has 3 saturated heterocycles. The Morgan fingerprint density at radius 3 is 2.02 bits per heavy atom. The monoisotopic (exact) mass is 617 g/mol. The Bertz CT molecular complexity index is 1220. The summed E-state index contributed by atoms with van der Waals surface area (Å²) in [6, 6.07) is 2.70. The van der Waals surface area contributed by atoms with Crippen molar-refractivity contribution in [2.75, 3.05) is 19.8 Å². The fourth-order valence-electron chi connectivity index (χ4n) is 5.73. The van der Waals surface area contributed by atoms with Crippen molar-refractivity contribution in [3.8, 4) is 0 Å². The van der Waals surface area contributed by atoms with E-state index in [-0.39, 0.29) is 0 Å². The van der Waals surface area contributed by atoms with Gasteiger partial charge in [0.05, 0.1) is 55.3 Å². The number of nitrogens with zero attached hydrogens (tertiary/aromatic N) is 2. The van der Waals surface area contributed by atoms with E-state index in [4.69, 9.17) is 40.9 Å². The molecule has 242 valence electrons. The molecule has 18 nitrogen and oxygen atoms in total. The first-order valence-electron chi connectivity index (χ1n) is 13.7. The van der Waals surface area contributed by atoms with Crippen molar-refractivity contribution >= 4 is 11.0 Å². The highest BCUT2D eigenvalue weighted by atomic mass is 16.7. The molecule has 0 aliphatic carbocycles. The first-order valence-corrected chi connectivity index (χ1v) is 13.7. The number of hydrogen-bond acceptors (Lipinski definition) is 17. The van der Waals surface area contributed by atoms with Gasteiger partial charge in [-0.15, -0.1) is 0 Å². The number of ether oxygens (including phenoxy) is 5. The Hall–Kier alpha value is -1.95. The number of aliphatic hydroxyl groups excluding tert-OH is 8. The standard InChI is InChI=1S/C25H39N5O13/c26-13-16(34)19(11(5-31)39-22(13)38)41-23-14(27)17(35)20(12(6-32)40-23)42-24-15(28)18(36)21(37)25(7-33,43-24)30-8-29-9-3-1-2-4-10(9)30/h1-4,8,11-24,31-38H,5-7,26-28H2/t11-,12-,13?,14?,15-,16?,17-,18-,19?,20?,21+,22?,23+,24-,25-/m1/s1. The van der Waals surface area contributed by atoms with Crippen LogP contribution in [0.15, 0.2) is 30.6 Å². The summed E-state index contributed by atoms with van der Waals surface area (Å²) in [5.74, 6) is 0. The molecule has 0 radical (unpaired) electrons. The summed E-state index contributed by atoms with van der Waals surface area (Å²) in [7, 11) is 0. The van der Waals surface area contributed by atoms with Gasteiger partial charge in [0.2, 0.25) is 5.72 Å². The lowest BCUT2D eigenvalue weighted by molar-refractivity contribution is -0.374. The molecule has 0 spiro atoms. The maximum Gasteiger partial charge on any atom is 0.201 e. The van der Waals surface area contributed by atoms with E-state index in [9.17, 15) is 40.9 Å². The third-order valence-corrected chi connectivity index (χ3v) is 8.31. The molecule has 4 heterocycles. The van der Waals surface area contributed by atoms with Gasteiger partial charge in [-0.25, -0.2) is 4.98 Å². The first kappa shape index (κ1) is 32.4. The minimum atomic E-state index is -2.03. The van der Waals surface area contributed by atoms with Gasteiger partial charge in [0.15, 0.2) is 18.9 Å². The van der Waals surface area contributed by atoms with Crippen LogP contribution in [0.3, 0.4) is 0 Å². The van der Waals surface area contributed by atoms with Gasteiger partial charge in [-0.2, -0.15) is 0 Å². The van der Waals surface area contributed by atoms with Crippen LogP contribution in [0.5, 0.6) is 0 Å². The van der Waals surface area contributed by atoms with E-state index in [1.165, 1.54) is 10.9 Å². The maximum atomic E-state index is 11.2. The Kier molecular flexibility index (Phi) is 9.66. The molecule has 5 rings (SSSR count). The van der Waals surface area contributed by atoms with Gasteiger partial charge in [-0.1, -0.05) is 12.1 Å². The number of nitrogens with two attached hydrogens (primary N) is 3. The maximum absolute atomic E-state index is 11.2. The number of hydrogen-bond donors (Lipinski definition) is 11. The highest BCUT2D eigenvalue weighted by Gasteiger charge is 2.57. The summed E-state index contributed by atoms with van der Waals surface area (Å²) in [5, 5.41) is 83.8. The van der Waals surface area contributed by atoms with Crippen molar-refractivity contribution in [3.63, 3.8) is 0 Å². The quantitative estimate of drug-likeness (QED) is 0.131. The number of rotatable bonds is 8. The van der Waals surface area contributed by atoms with Gasteiger partial charge in [0, 0.05) is 0 Å². The summed E-state index contributed by atoms with van der Waals surface area (Å²) >= 11 is 0. The second-order valence-electron chi connectivity index (χ2n) is 10.9. The predicted molar refractivity (Wildman–Crippen MR) is 141 cm³/mol. The second kappa shape index (κ2) is 12.8. The van der Waals surface area contributed by atoms with E-state index < -0.39 is 111 Å². The summed E-state index contributed by atoms with van der Waals surface area (Å²) in [6.45, 7) is -2.27. The van der Waals surface area contributed by atoms with E-state index in [0.29, 0.717) is 11.0 Å². The van der Waals surface area contributed by atoms with Gasteiger partial charge < -0.3 is 81.7 Å². The fourth-order valence-corrected chi connectivity index (χ4v) is 5.73. The third kappa shape index (κ3) is 5.57. The van der Waals surface area contributed by atoms with Crippen molar-refractivity contribution in [2.24, 2.45) is 17.2 Å². The van der Waals surface area contributed by atoms with Crippen molar-refractivity contribution in [1.29, 1.82) is 0 Å². The van der Waals surface area contributed by atoms with E-state index in [1.54, 1.807) is 24.3 Å². The highest BCUT2D eigenvalue weighted by Crippen LogP contribution is 2.38. The average molecular weight is 618 g/mol. The zero-order chi connectivity index (χ0) is 31.2. The SMILES string of the molecule is NC1C(O)O[C@H](CO)C(O[C@@H]2O[C@H](CO)C(O[C@@H]3O[C@@](CO)(n4cnc5ccccc54)[C@@H](O)[C@H](O)[C@H]3N)[C@H](O)C2N)C1O. The number of aromatic nitrogens is 2. The van der Waals surface area contributed by atoms with Gasteiger partial charge in [0.25, 0.3) is 0 Å². The van der Waals surface area contributed by atoms with Gasteiger partial charge in [0.1, 0.15) is 48.8 Å². The second-order valence-corrected chi connectivity index (χ2v) is 10.9. The van der Waals surface area contributed by atoms with Crippen molar-refractivity contribution < 1.29 is 64.5 Å². The van der Waals surface area contributed by atoms with Crippen LogP contribution in [0, 0.1) is 0 Å². The largest absolute Gasteiger partial charge is 0.394 e. The van der Waals surface area contributed by atoms with E-state index >= 15 is 0 Å². The number of aliphatic hydroxyl groups is 8. The van der Waals surface area contributed by atoms with Crippen LogP contribution in [0.25, 0.3) is 11.0 Å². The summed E-state index contributed by atoms with van der Waals surface area (Å²) in [4.78, 5) is 4.25. The van der Waals surface area contributed by atoms with Crippen LogP contribution in [0.1, 0.15) is 0 Å². The molecule has 0 amide bonds. The lowest BCUT2D eigenvalue weighted by atomic mass is 9.91. The molecular weight excluding hydrogens is 578 g/mol. The Labute approximate surface area is 244 Å². The highest BCUT2D eigenvalue weighted by molar-refractivity contribution is 5.75. The van der Waals surface area contributed by atoms with E-state index in [0.717, 1.165) is 0 Å². The molecule has 15 atom stereocenters. The first-order chi connectivity index (χ1) is 20.5. The molecule has 14 N–H and O–H groups in total. The van der Waals surface area contributed by atoms with Crippen LogP contribution in [0.4, 0.5) is 0 Å². The van der Waals surface area contributed by atoms with Crippen molar-refractivity contribution in [3.05, 3.63) is 30.6 Å². The van der Waals surface area contributed by atoms with Crippen LogP contribution in [0.2, 0.25) is 0 Å². The molecule has 3 aliphatic heterocycles. The van der Waals surface area contributed by atoms with Crippen molar-refractivity contribution in [2.45, 2.75) is 91.6 Å². The van der Waals surface area contributed by atoms with Crippen LogP contribution < -0.4 is 17.2 Å². The van der Waals surface area contributed by atoms with Crippen molar-refractivity contribution in [1.82, 2.24) is 9.55 Å². The molecule has 1 aromatic carbocycles. The molecule has 18 heteroatoms. The topological polar surface area (TPSA) is 304 Å². The molecule has 0 saturated carbocycles. The van der Waals surface area contributed by atoms with Gasteiger partial charge >= 0.3 is 0 Å². The van der Waals surface area contributed by atoms with Crippen LogP contribution >= 0.6 is 0 Å². The molecule has 3 aliphatic rings. The Morgan fingerprint density at radius 2 is 1.37 bits per heavy atom. The smallest absolute Gasteiger partial charge is 0.201 e. The molecule has 3 fully saturated rings. The number of fused-ring (bicyclic) bond motifs is 1. The zero-order valence-corrected chi connectivity index (χ0v) is 22.8. The van der Waals surface area contributed by atoms with E-state index in [1.807, 2.05) is 0 Å². The van der Waals surface area contributed by atoms with Gasteiger partial charge in [-0.3, -0.25) is 4.57 Å². The fraction of sp³-hybridized carbons (Fsp3) is 0.720. The predicted octanol–water partition coefficient (Wildman–Crippen LogP) is -6.34. The lowest BCUT2D eigenvalue weighted by Crippen LogP contribution is -2.71. The molecule has 1 aromatic heterocycles. The molecule has 6 unspecified atom stereocenters. The molecular formula is C25H39N5O13. The summed E-state index contributed by atoms with van der Waals surface area (Å²) in [5.41, 5.74) is 17.0. The molecule has 2 aromatic rings. The summed E-state index contributed by atoms with van der Waals surface area (Å²) < 4.78 is 30.0. The zero-order valence-electron chi connectivity index (χ0n) is 22.8. The lowest BCUT2D eigenvalue weighted by Gasteiger charge is -2.51. The number of para-hydroxylation sites is 2. The Morgan fingerprint density at radius 1 is 0.791 bits per heavy atom. The third-order valence-electron chi connectivity index (χ3n) is 8.31. The molecule has 0 bridgehead atoms. The Balaban J connectivity index is 1.37. The molecule has 43 heavy (non-hydrogen) atoms. The van der Waals surface area contributed by atoms with Crippen LogP contribution in [-0.2, 0) is 29.4 Å². The number of imidazole rings is 1. The normalized spacial score (nSPS) is 45.8. The van der Waals surface area contributed by atoms with Gasteiger partial charge in [-0.05, 0) is 12.1 Å². The summed E-state index contributed by atoms with van der Waals surface area (Å²) in [6.07, 6.45) is -15.3. The minimum Gasteiger partial charge on any atom is -0.394 e. The number of benzene rings is 1. The van der Waals surface area contributed by atoms with E-state index in [2.05, 4.69) is 4.98 Å².